The van der Waals surface area contributed by atoms with E-state index in [2.05, 4.69) is 26.2 Å². The summed E-state index contributed by atoms with van der Waals surface area (Å²) in [7, 11) is 1.60. The number of methoxy groups -OCH3 is 1. The van der Waals surface area contributed by atoms with E-state index in [9.17, 15) is 4.79 Å². The van der Waals surface area contributed by atoms with Crippen LogP contribution < -0.4 is 10.1 Å². The molecule has 0 spiro atoms. The molecule has 0 fully saturated rings. The molecule has 20 heavy (non-hydrogen) atoms. The van der Waals surface area contributed by atoms with Gasteiger partial charge in [-0.15, -0.1) is 0 Å². The summed E-state index contributed by atoms with van der Waals surface area (Å²) in [5.41, 5.74) is 2.38. The number of carbonyl (C=O) groups is 1. The van der Waals surface area contributed by atoms with E-state index in [1.54, 1.807) is 19.4 Å². The zero-order valence-corrected chi connectivity index (χ0v) is 12.7. The number of rotatable bonds is 5. The summed E-state index contributed by atoms with van der Waals surface area (Å²) < 4.78 is 5.21. The Labute approximate surface area is 126 Å². The first-order chi connectivity index (χ1) is 9.74. The minimum atomic E-state index is -0.0488. The quantitative estimate of drug-likeness (QED) is 0.851. The van der Waals surface area contributed by atoms with Crippen LogP contribution in [0, 0.1) is 0 Å². The number of hydrogen-bond acceptors (Lipinski definition) is 3. The Balaban J connectivity index is 2.38. The molecule has 0 aliphatic carbocycles. The van der Waals surface area contributed by atoms with Crippen LogP contribution in [0.3, 0.4) is 0 Å². The van der Waals surface area contributed by atoms with Gasteiger partial charge in [0.25, 0.3) is 0 Å². The molecule has 1 amide bonds. The van der Waals surface area contributed by atoms with E-state index in [1.807, 2.05) is 30.3 Å². The van der Waals surface area contributed by atoms with Gasteiger partial charge in [-0.1, -0.05) is 22.0 Å². The normalized spacial score (nSPS) is 10.1. The van der Waals surface area contributed by atoms with E-state index in [4.69, 9.17) is 4.74 Å². The zero-order valence-electron chi connectivity index (χ0n) is 11.1. The fourth-order valence-corrected chi connectivity index (χ4v) is 2.16. The van der Waals surface area contributed by atoms with Gasteiger partial charge in [-0.2, -0.15) is 0 Å². The van der Waals surface area contributed by atoms with Gasteiger partial charge < -0.3 is 10.1 Å². The van der Waals surface area contributed by atoms with Crippen molar-refractivity contribution in [2.75, 3.05) is 17.8 Å². The topological polar surface area (TPSA) is 51.2 Å². The van der Waals surface area contributed by atoms with Gasteiger partial charge in [0.2, 0.25) is 5.91 Å². The monoisotopic (exact) mass is 334 g/mol. The third-order valence-electron chi connectivity index (χ3n) is 2.76. The molecule has 1 aromatic carbocycles. The second kappa shape index (κ2) is 7.05. The van der Waals surface area contributed by atoms with Crippen LogP contribution in [-0.4, -0.2) is 23.3 Å². The molecule has 0 saturated heterocycles. The highest BCUT2D eigenvalue weighted by Crippen LogP contribution is 2.30. The average molecular weight is 335 g/mol. The van der Waals surface area contributed by atoms with Crippen LogP contribution in [0.15, 0.2) is 42.6 Å². The Morgan fingerprint density at radius 2 is 2.20 bits per heavy atom. The second-order valence-corrected chi connectivity index (χ2v) is 4.91. The van der Waals surface area contributed by atoms with Crippen LogP contribution in [0.4, 0.5) is 5.69 Å². The van der Waals surface area contributed by atoms with Gasteiger partial charge >= 0.3 is 0 Å². The first kappa shape index (κ1) is 14.5. The van der Waals surface area contributed by atoms with E-state index < -0.39 is 0 Å². The number of hydrogen-bond donors (Lipinski definition) is 1. The van der Waals surface area contributed by atoms with Crippen LogP contribution >= 0.6 is 15.9 Å². The number of alkyl halides is 1. The van der Waals surface area contributed by atoms with E-state index in [1.165, 1.54) is 0 Å². The number of nitrogens with one attached hydrogen (secondary N) is 1. The molecule has 2 aromatic rings. The number of pyridine rings is 1. The van der Waals surface area contributed by atoms with Crippen molar-refractivity contribution >= 4 is 27.5 Å². The number of aromatic nitrogens is 1. The molecule has 4 nitrogen and oxygen atoms in total. The molecule has 0 radical (unpaired) electrons. The molecule has 2 rings (SSSR count). The first-order valence-corrected chi connectivity index (χ1v) is 7.32. The van der Waals surface area contributed by atoms with E-state index in [0.29, 0.717) is 23.2 Å². The summed E-state index contributed by atoms with van der Waals surface area (Å²) in [5.74, 6) is 0.645. The predicted octanol–water partition coefficient (Wildman–Crippen LogP) is 3.48. The lowest BCUT2D eigenvalue weighted by atomic mass is 10.1. The lowest BCUT2D eigenvalue weighted by Crippen LogP contribution is -2.12. The minimum absolute atomic E-state index is 0.0488. The SMILES string of the molecule is COc1ccc(-c2ccccn2)c(NC(=O)CCBr)c1. The molecule has 0 unspecified atom stereocenters. The molecule has 0 aliphatic rings. The highest BCUT2D eigenvalue weighted by atomic mass is 79.9. The molecule has 5 heteroatoms. The Morgan fingerprint density at radius 3 is 2.85 bits per heavy atom. The van der Waals surface area contributed by atoms with Crippen molar-refractivity contribution in [3.8, 4) is 17.0 Å². The van der Waals surface area contributed by atoms with Gasteiger partial charge in [0.05, 0.1) is 18.5 Å². The number of halogens is 1. The molecule has 1 N–H and O–H groups in total. The number of carbonyl (C=O) groups excluding carboxylic acids is 1. The maximum absolute atomic E-state index is 11.8. The summed E-state index contributed by atoms with van der Waals surface area (Å²) in [6.07, 6.45) is 2.14. The molecule has 1 heterocycles. The van der Waals surface area contributed by atoms with E-state index in [0.717, 1.165) is 11.3 Å². The highest BCUT2D eigenvalue weighted by molar-refractivity contribution is 9.09. The summed E-state index contributed by atoms with van der Waals surface area (Å²) in [6, 6.07) is 11.2. The van der Waals surface area contributed by atoms with Crippen molar-refractivity contribution in [1.82, 2.24) is 4.98 Å². The molecule has 0 aliphatic heterocycles. The van der Waals surface area contributed by atoms with Gasteiger partial charge in [0, 0.05) is 29.6 Å². The second-order valence-electron chi connectivity index (χ2n) is 4.11. The van der Waals surface area contributed by atoms with Crippen molar-refractivity contribution in [3.05, 3.63) is 42.6 Å². The molecular weight excluding hydrogens is 320 g/mol. The van der Waals surface area contributed by atoms with Crippen LogP contribution in [0.5, 0.6) is 5.75 Å². The summed E-state index contributed by atoms with van der Waals surface area (Å²) in [6.45, 7) is 0. The Bertz CT molecular complexity index is 588. The zero-order chi connectivity index (χ0) is 14.4. The summed E-state index contributed by atoms with van der Waals surface area (Å²) in [5, 5.41) is 3.52. The van der Waals surface area contributed by atoms with Crippen molar-refractivity contribution in [3.63, 3.8) is 0 Å². The molecule has 0 saturated carbocycles. The smallest absolute Gasteiger partial charge is 0.225 e. The minimum Gasteiger partial charge on any atom is -0.497 e. The van der Waals surface area contributed by atoms with Gasteiger partial charge in [-0.25, -0.2) is 0 Å². The molecule has 0 atom stereocenters. The first-order valence-electron chi connectivity index (χ1n) is 6.20. The standard InChI is InChI=1S/C15H15BrN2O2/c1-20-11-5-6-12(13-4-2-3-9-17-13)14(10-11)18-15(19)7-8-16/h2-6,9-10H,7-8H2,1H3,(H,18,19). The molecule has 1 aromatic heterocycles. The maximum atomic E-state index is 11.8. The Hall–Kier alpha value is -1.88. The average Bonchev–Trinajstić information content (AvgIpc) is 2.48. The fourth-order valence-electron chi connectivity index (χ4n) is 1.80. The molecule has 104 valence electrons. The van der Waals surface area contributed by atoms with Gasteiger partial charge in [0.15, 0.2) is 0 Å². The van der Waals surface area contributed by atoms with Gasteiger partial charge in [-0.3, -0.25) is 9.78 Å². The van der Waals surface area contributed by atoms with Crippen molar-refractivity contribution in [2.45, 2.75) is 6.42 Å². The number of nitrogens with zero attached hydrogens (tertiary/aromatic N) is 1. The lowest BCUT2D eigenvalue weighted by Gasteiger charge is -2.12. The maximum Gasteiger partial charge on any atom is 0.225 e. The third-order valence-corrected chi connectivity index (χ3v) is 3.16. The molecular formula is C15H15BrN2O2. The predicted molar refractivity (Wildman–Crippen MR) is 83.3 cm³/mol. The van der Waals surface area contributed by atoms with Crippen molar-refractivity contribution < 1.29 is 9.53 Å². The van der Waals surface area contributed by atoms with Crippen LogP contribution in [-0.2, 0) is 4.79 Å². The van der Waals surface area contributed by atoms with E-state index >= 15 is 0 Å². The number of anilines is 1. The lowest BCUT2D eigenvalue weighted by molar-refractivity contribution is -0.115. The van der Waals surface area contributed by atoms with E-state index in [-0.39, 0.29) is 5.91 Å². The Kier molecular flexibility index (Phi) is 5.12. The number of benzene rings is 1. The van der Waals surface area contributed by atoms with Crippen molar-refractivity contribution in [2.24, 2.45) is 0 Å². The Morgan fingerprint density at radius 1 is 1.35 bits per heavy atom. The highest BCUT2D eigenvalue weighted by Gasteiger charge is 2.10. The summed E-state index contributed by atoms with van der Waals surface area (Å²) >= 11 is 3.26. The summed E-state index contributed by atoms with van der Waals surface area (Å²) in [4.78, 5) is 16.1. The van der Waals surface area contributed by atoms with Crippen LogP contribution in [0.2, 0.25) is 0 Å². The van der Waals surface area contributed by atoms with Gasteiger partial charge in [-0.05, 0) is 24.3 Å². The third kappa shape index (κ3) is 3.57. The number of amides is 1. The number of ether oxygens (including phenoxy) is 1. The largest absolute Gasteiger partial charge is 0.497 e. The van der Waals surface area contributed by atoms with Crippen LogP contribution in [0.25, 0.3) is 11.3 Å². The van der Waals surface area contributed by atoms with Crippen LogP contribution in [0.1, 0.15) is 6.42 Å². The van der Waals surface area contributed by atoms with Gasteiger partial charge in [0.1, 0.15) is 5.75 Å². The molecule has 0 bridgehead atoms. The fraction of sp³-hybridized carbons (Fsp3) is 0.200. The van der Waals surface area contributed by atoms with Crippen molar-refractivity contribution in [1.29, 1.82) is 0 Å².